The van der Waals surface area contributed by atoms with Crippen LogP contribution in [0.5, 0.6) is 0 Å². The third-order valence-corrected chi connectivity index (χ3v) is 5.77. The van der Waals surface area contributed by atoms with E-state index in [0.717, 1.165) is 61.9 Å². The van der Waals surface area contributed by atoms with Crippen LogP contribution in [0, 0.1) is 12.7 Å². The molecule has 0 bridgehead atoms. The van der Waals surface area contributed by atoms with Gasteiger partial charge in [0.1, 0.15) is 11.6 Å². The number of rotatable bonds is 5. The molecule has 0 amide bonds. The smallest absolute Gasteiger partial charge is 0.191 e. The molecule has 162 valence electrons. The molecule has 1 aliphatic heterocycles. The number of piperidine rings is 1. The first-order chi connectivity index (χ1) is 14.1. The Morgan fingerprint density at radius 2 is 1.90 bits per heavy atom. The number of aryl methyl sites for hydroxylation is 1. The lowest BCUT2D eigenvalue weighted by molar-refractivity contribution is 0.459. The van der Waals surface area contributed by atoms with Gasteiger partial charge in [0.15, 0.2) is 5.96 Å². The largest absolute Gasteiger partial charge is 0.356 e. The van der Waals surface area contributed by atoms with Crippen LogP contribution < -0.4 is 15.5 Å². The summed E-state index contributed by atoms with van der Waals surface area (Å²) in [4.78, 5) is 11.6. The van der Waals surface area contributed by atoms with Gasteiger partial charge in [-0.05, 0) is 56.9 Å². The molecule has 1 aromatic heterocycles. The van der Waals surface area contributed by atoms with Gasteiger partial charge < -0.3 is 15.5 Å². The van der Waals surface area contributed by atoms with E-state index in [1.165, 1.54) is 0 Å². The summed E-state index contributed by atoms with van der Waals surface area (Å²) in [7, 11) is 0. The van der Waals surface area contributed by atoms with Gasteiger partial charge in [-0.1, -0.05) is 24.3 Å². The van der Waals surface area contributed by atoms with Gasteiger partial charge in [0.05, 0.1) is 0 Å². The molecular formula is C23H31FIN5. The van der Waals surface area contributed by atoms with Crippen LogP contribution in [0.25, 0.3) is 0 Å². The Balaban J connectivity index is 0.00000256. The first-order valence-electron chi connectivity index (χ1n) is 10.6. The molecule has 7 heteroatoms. The second kappa shape index (κ2) is 10.4. The number of aromatic nitrogens is 1. The molecule has 30 heavy (non-hydrogen) atoms. The van der Waals surface area contributed by atoms with E-state index in [1.807, 2.05) is 32.0 Å². The number of guanidine groups is 1. The average molecular weight is 523 g/mol. The second-order valence-corrected chi connectivity index (χ2v) is 7.98. The highest BCUT2D eigenvalue weighted by Crippen LogP contribution is 2.41. The summed E-state index contributed by atoms with van der Waals surface area (Å²) >= 11 is 0. The van der Waals surface area contributed by atoms with Crippen molar-refractivity contribution in [2.24, 2.45) is 4.99 Å². The molecule has 5 nitrogen and oxygen atoms in total. The standard InChI is InChI=1S/C23H30FN5.HI/c1-3-25-23(28-21-15-19(21)18-8-4-5-9-20(18)24)27-17-11-13-29(14-12-17)22-10-6-7-16(2)26-22;/h4-10,17,19,21H,3,11-15H2,1-2H3,(H2,25,27,28);1H. The molecule has 2 aromatic rings. The van der Waals surface area contributed by atoms with Gasteiger partial charge in [0.25, 0.3) is 0 Å². The lowest BCUT2D eigenvalue weighted by atomic mass is 10.1. The number of nitrogens with one attached hydrogen (secondary N) is 2. The molecule has 2 atom stereocenters. The summed E-state index contributed by atoms with van der Waals surface area (Å²) in [5, 5.41) is 7.11. The topological polar surface area (TPSA) is 52.6 Å². The van der Waals surface area contributed by atoms with Crippen LogP contribution in [0.4, 0.5) is 10.2 Å². The average Bonchev–Trinajstić information content (AvgIpc) is 3.48. The number of pyridine rings is 1. The fourth-order valence-electron chi connectivity index (χ4n) is 4.09. The molecule has 2 N–H and O–H groups in total. The maximum absolute atomic E-state index is 14.0. The van der Waals surface area contributed by atoms with E-state index in [4.69, 9.17) is 0 Å². The van der Waals surface area contributed by atoms with Crippen molar-refractivity contribution in [1.29, 1.82) is 0 Å². The number of hydrogen-bond acceptors (Lipinski definition) is 3. The third kappa shape index (κ3) is 5.62. The minimum Gasteiger partial charge on any atom is -0.356 e. The fraction of sp³-hybridized carbons (Fsp3) is 0.478. The minimum atomic E-state index is -0.110. The predicted octanol–water partition coefficient (Wildman–Crippen LogP) is 4.23. The van der Waals surface area contributed by atoms with E-state index in [1.54, 1.807) is 12.1 Å². The first-order valence-corrected chi connectivity index (χ1v) is 10.6. The van der Waals surface area contributed by atoms with Gasteiger partial charge in [0.2, 0.25) is 0 Å². The second-order valence-electron chi connectivity index (χ2n) is 7.98. The number of anilines is 1. The molecule has 0 radical (unpaired) electrons. The summed E-state index contributed by atoms with van der Waals surface area (Å²) in [6.45, 7) is 6.75. The summed E-state index contributed by atoms with van der Waals surface area (Å²) in [5.74, 6) is 2.04. The summed E-state index contributed by atoms with van der Waals surface area (Å²) < 4.78 is 14.0. The van der Waals surface area contributed by atoms with Crippen molar-refractivity contribution in [3.8, 4) is 0 Å². The quantitative estimate of drug-likeness (QED) is 0.350. The molecule has 1 aromatic carbocycles. The molecule has 4 rings (SSSR count). The van der Waals surface area contributed by atoms with E-state index in [0.29, 0.717) is 6.04 Å². The van der Waals surface area contributed by atoms with Crippen LogP contribution >= 0.6 is 24.0 Å². The van der Waals surface area contributed by atoms with E-state index in [2.05, 4.69) is 37.6 Å². The molecule has 2 aliphatic rings. The SMILES string of the molecule is CCN=C(NC1CCN(c2cccc(C)n2)CC1)NC1CC1c1ccccc1F.I. The lowest BCUT2D eigenvalue weighted by Gasteiger charge is -2.34. The number of hydrogen-bond donors (Lipinski definition) is 2. The van der Waals surface area contributed by atoms with Crippen molar-refractivity contribution in [3.63, 3.8) is 0 Å². The van der Waals surface area contributed by atoms with E-state index < -0.39 is 0 Å². The Morgan fingerprint density at radius 3 is 2.60 bits per heavy atom. The molecule has 1 aliphatic carbocycles. The van der Waals surface area contributed by atoms with Crippen LogP contribution in [0.3, 0.4) is 0 Å². The highest BCUT2D eigenvalue weighted by atomic mass is 127. The molecule has 2 unspecified atom stereocenters. The Morgan fingerprint density at radius 1 is 1.13 bits per heavy atom. The van der Waals surface area contributed by atoms with Crippen LogP contribution in [0.15, 0.2) is 47.5 Å². The van der Waals surface area contributed by atoms with Crippen molar-refractivity contribution in [2.75, 3.05) is 24.5 Å². The van der Waals surface area contributed by atoms with Gasteiger partial charge in [-0.15, -0.1) is 24.0 Å². The maximum Gasteiger partial charge on any atom is 0.191 e. The Hall–Kier alpha value is -1.90. The van der Waals surface area contributed by atoms with Gasteiger partial charge in [-0.2, -0.15) is 0 Å². The van der Waals surface area contributed by atoms with Crippen molar-refractivity contribution in [1.82, 2.24) is 15.6 Å². The van der Waals surface area contributed by atoms with Crippen LogP contribution in [-0.4, -0.2) is 42.7 Å². The highest BCUT2D eigenvalue weighted by Gasteiger charge is 2.40. The minimum absolute atomic E-state index is 0. The normalized spacial score (nSPS) is 21.7. The molecule has 2 fully saturated rings. The van der Waals surface area contributed by atoms with Gasteiger partial charge in [-0.3, -0.25) is 4.99 Å². The zero-order chi connectivity index (χ0) is 20.2. The van der Waals surface area contributed by atoms with Crippen LogP contribution in [0.2, 0.25) is 0 Å². The van der Waals surface area contributed by atoms with Gasteiger partial charge >= 0.3 is 0 Å². The third-order valence-electron chi connectivity index (χ3n) is 5.77. The highest BCUT2D eigenvalue weighted by molar-refractivity contribution is 14.0. The summed E-state index contributed by atoms with van der Waals surface area (Å²) in [5.41, 5.74) is 1.86. The van der Waals surface area contributed by atoms with Gasteiger partial charge in [-0.25, -0.2) is 9.37 Å². The summed E-state index contributed by atoms with van der Waals surface area (Å²) in [6.07, 6.45) is 3.03. The van der Waals surface area contributed by atoms with Crippen molar-refractivity contribution < 1.29 is 4.39 Å². The number of benzene rings is 1. The first kappa shape index (κ1) is 22.8. The van der Waals surface area contributed by atoms with E-state index in [9.17, 15) is 4.39 Å². The summed E-state index contributed by atoms with van der Waals surface area (Å²) in [6, 6.07) is 13.9. The molecule has 0 spiro atoms. The zero-order valence-corrected chi connectivity index (χ0v) is 20.0. The Kier molecular flexibility index (Phi) is 7.91. The molecular weight excluding hydrogens is 492 g/mol. The fourth-order valence-corrected chi connectivity index (χ4v) is 4.09. The predicted molar refractivity (Wildman–Crippen MR) is 131 cm³/mol. The number of aliphatic imine (C=N–C) groups is 1. The van der Waals surface area contributed by atoms with E-state index in [-0.39, 0.29) is 41.8 Å². The Labute approximate surface area is 195 Å². The Bertz CT molecular complexity index is 866. The zero-order valence-electron chi connectivity index (χ0n) is 17.6. The lowest BCUT2D eigenvalue weighted by Crippen LogP contribution is -2.49. The van der Waals surface area contributed by atoms with Crippen LogP contribution in [-0.2, 0) is 0 Å². The molecule has 2 heterocycles. The van der Waals surface area contributed by atoms with E-state index >= 15 is 0 Å². The molecule has 1 saturated heterocycles. The van der Waals surface area contributed by atoms with Crippen LogP contribution in [0.1, 0.15) is 43.4 Å². The van der Waals surface area contributed by atoms with Crippen molar-refractivity contribution in [2.45, 2.75) is 51.1 Å². The molecule has 1 saturated carbocycles. The monoisotopic (exact) mass is 523 g/mol. The maximum atomic E-state index is 14.0. The van der Waals surface area contributed by atoms with Crippen molar-refractivity contribution >= 4 is 35.8 Å². The van der Waals surface area contributed by atoms with Gasteiger partial charge in [0, 0.05) is 43.3 Å². The number of nitrogens with zero attached hydrogens (tertiary/aromatic N) is 3. The number of halogens is 2. The van der Waals surface area contributed by atoms with Crippen molar-refractivity contribution in [3.05, 3.63) is 59.5 Å².